The number of nitrogens with one attached hydrogen (secondary N) is 2. The highest BCUT2D eigenvalue weighted by atomic mass is 32.2. The molecule has 31 heavy (non-hydrogen) atoms. The van der Waals surface area contributed by atoms with Gasteiger partial charge in [-0.25, -0.2) is 17.5 Å². The van der Waals surface area contributed by atoms with E-state index in [0.717, 1.165) is 0 Å². The first kappa shape index (κ1) is 25.0. The summed E-state index contributed by atoms with van der Waals surface area (Å²) in [7, 11) is -3.62. The zero-order valence-electron chi connectivity index (χ0n) is 17.9. The minimum Gasteiger partial charge on any atom is -0.488 e. The first-order chi connectivity index (χ1) is 14.4. The lowest BCUT2D eigenvalue weighted by atomic mass is 10.0. The maximum Gasteiger partial charge on any atom is 0.230 e. The van der Waals surface area contributed by atoms with Gasteiger partial charge in [-0.1, -0.05) is 18.2 Å². The van der Waals surface area contributed by atoms with E-state index in [2.05, 4.69) is 10.0 Å². The molecule has 172 valence electrons. The molecule has 10 heteroatoms. The van der Waals surface area contributed by atoms with E-state index in [4.69, 9.17) is 4.74 Å². The van der Waals surface area contributed by atoms with Crippen LogP contribution in [0.15, 0.2) is 30.4 Å². The molecule has 2 amide bonds. The SMILES string of the molecule is C[C@@H](NS(=O)(=O)CC/C=C/CC1CC(=O)NC1=O)c1ccc(F)c(OCC(C)(C)O)c1. The molecule has 2 atom stereocenters. The summed E-state index contributed by atoms with van der Waals surface area (Å²) in [5.41, 5.74) is -0.622. The van der Waals surface area contributed by atoms with Crippen LogP contribution in [-0.2, 0) is 19.6 Å². The van der Waals surface area contributed by atoms with Crippen molar-refractivity contribution in [2.45, 2.75) is 51.7 Å². The Bertz CT molecular complexity index is 940. The zero-order chi connectivity index (χ0) is 23.2. The Hall–Kier alpha value is -2.30. The smallest absolute Gasteiger partial charge is 0.230 e. The van der Waals surface area contributed by atoms with Crippen LogP contribution >= 0.6 is 0 Å². The van der Waals surface area contributed by atoms with Gasteiger partial charge in [-0.15, -0.1) is 0 Å². The summed E-state index contributed by atoms with van der Waals surface area (Å²) in [4.78, 5) is 22.6. The van der Waals surface area contributed by atoms with Gasteiger partial charge in [0.2, 0.25) is 21.8 Å². The van der Waals surface area contributed by atoms with Crippen molar-refractivity contribution in [3.8, 4) is 5.75 Å². The molecule has 0 aliphatic carbocycles. The number of benzene rings is 1. The number of ether oxygens (including phenoxy) is 1. The Morgan fingerprint density at radius 3 is 2.68 bits per heavy atom. The van der Waals surface area contributed by atoms with Crippen molar-refractivity contribution in [1.29, 1.82) is 0 Å². The van der Waals surface area contributed by atoms with Crippen LogP contribution in [0.5, 0.6) is 5.75 Å². The topological polar surface area (TPSA) is 122 Å². The highest BCUT2D eigenvalue weighted by Crippen LogP contribution is 2.24. The quantitative estimate of drug-likeness (QED) is 0.346. The van der Waals surface area contributed by atoms with Gasteiger partial charge in [0.05, 0.1) is 17.3 Å². The van der Waals surface area contributed by atoms with Crippen molar-refractivity contribution in [3.05, 3.63) is 41.7 Å². The second kappa shape index (κ2) is 10.3. The third kappa shape index (κ3) is 8.39. The van der Waals surface area contributed by atoms with E-state index >= 15 is 0 Å². The Balaban J connectivity index is 1.87. The maximum absolute atomic E-state index is 13.9. The van der Waals surface area contributed by atoms with Crippen LogP contribution in [0.2, 0.25) is 0 Å². The monoisotopic (exact) mass is 456 g/mol. The molecule has 3 N–H and O–H groups in total. The van der Waals surface area contributed by atoms with Gasteiger partial charge >= 0.3 is 0 Å². The molecule has 2 rings (SSSR count). The van der Waals surface area contributed by atoms with E-state index < -0.39 is 33.4 Å². The van der Waals surface area contributed by atoms with Gasteiger partial charge in [0, 0.05) is 12.5 Å². The molecule has 8 nitrogen and oxygen atoms in total. The third-order valence-corrected chi connectivity index (χ3v) is 6.08. The highest BCUT2D eigenvalue weighted by molar-refractivity contribution is 7.89. The fourth-order valence-corrected chi connectivity index (χ4v) is 4.19. The lowest BCUT2D eigenvalue weighted by Crippen LogP contribution is -2.29. The van der Waals surface area contributed by atoms with Crippen LogP contribution in [0.1, 0.15) is 51.6 Å². The van der Waals surface area contributed by atoms with Crippen molar-refractivity contribution in [1.82, 2.24) is 10.0 Å². The Morgan fingerprint density at radius 1 is 1.35 bits per heavy atom. The average molecular weight is 457 g/mol. The summed E-state index contributed by atoms with van der Waals surface area (Å²) >= 11 is 0. The van der Waals surface area contributed by atoms with Crippen molar-refractivity contribution >= 4 is 21.8 Å². The summed E-state index contributed by atoms with van der Waals surface area (Å²) in [5.74, 6) is -1.83. The van der Waals surface area contributed by atoms with Gasteiger partial charge in [-0.05, 0) is 51.3 Å². The molecule has 1 aliphatic rings. The van der Waals surface area contributed by atoms with Crippen molar-refractivity contribution in [3.63, 3.8) is 0 Å². The van der Waals surface area contributed by atoms with Crippen LogP contribution in [-0.4, -0.2) is 43.3 Å². The van der Waals surface area contributed by atoms with Crippen molar-refractivity contribution in [2.24, 2.45) is 5.92 Å². The van der Waals surface area contributed by atoms with Crippen molar-refractivity contribution in [2.75, 3.05) is 12.4 Å². The van der Waals surface area contributed by atoms with Gasteiger partial charge in [0.15, 0.2) is 11.6 Å². The summed E-state index contributed by atoms with van der Waals surface area (Å²) in [6.45, 7) is 4.58. The van der Waals surface area contributed by atoms with Crippen molar-refractivity contribution < 1.29 is 32.2 Å². The number of aliphatic hydroxyl groups is 1. The van der Waals surface area contributed by atoms with E-state index in [1.54, 1.807) is 19.1 Å². The molecule has 0 bridgehead atoms. The number of carbonyl (C=O) groups is 2. The zero-order valence-corrected chi connectivity index (χ0v) is 18.7. The molecule has 0 saturated carbocycles. The molecular formula is C21H29FN2O6S. The molecule has 0 aromatic heterocycles. The number of hydrogen-bond acceptors (Lipinski definition) is 6. The molecule has 1 fully saturated rings. The largest absolute Gasteiger partial charge is 0.488 e. The molecule has 0 spiro atoms. The average Bonchev–Trinajstić information content (AvgIpc) is 2.96. The Morgan fingerprint density at radius 2 is 2.06 bits per heavy atom. The fraction of sp³-hybridized carbons (Fsp3) is 0.524. The minimum atomic E-state index is -3.62. The predicted molar refractivity (Wildman–Crippen MR) is 113 cm³/mol. The standard InChI is InChI=1S/C21H29FN2O6S/c1-14(15-8-9-17(22)18(11-15)30-13-21(2,3)27)24-31(28,29)10-6-4-5-7-16-12-19(25)23-20(16)26/h4-5,8-9,11,14,16,24,27H,6-7,10,12-13H2,1-3H3,(H,23,25,26)/b5-4+/t14-,16?/m1/s1. The third-order valence-electron chi connectivity index (χ3n) is 4.60. The van der Waals surface area contributed by atoms with Gasteiger partial charge in [0.1, 0.15) is 6.61 Å². The highest BCUT2D eigenvalue weighted by Gasteiger charge is 2.29. The molecule has 1 aromatic rings. The molecule has 1 aromatic carbocycles. The van der Waals surface area contributed by atoms with E-state index in [9.17, 15) is 27.5 Å². The first-order valence-corrected chi connectivity index (χ1v) is 11.6. The van der Waals surface area contributed by atoms with E-state index in [0.29, 0.717) is 12.0 Å². The van der Waals surface area contributed by atoms with Gasteiger partial charge < -0.3 is 9.84 Å². The number of imide groups is 1. The molecule has 0 radical (unpaired) electrons. The molecule has 1 unspecified atom stereocenters. The number of sulfonamides is 1. The second-order valence-corrected chi connectivity index (χ2v) is 10.1. The van der Waals surface area contributed by atoms with E-state index in [1.165, 1.54) is 32.0 Å². The summed E-state index contributed by atoms with van der Waals surface area (Å²) in [6.07, 6.45) is 4.15. The van der Waals surface area contributed by atoms with Crippen LogP contribution < -0.4 is 14.8 Å². The fourth-order valence-electron chi connectivity index (χ4n) is 2.95. The first-order valence-electron chi connectivity index (χ1n) is 9.99. The number of hydrogen-bond donors (Lipinski definition) is 3. The van der Waals surface area contributed by atoms with Gasteiger partial charge in [-0.2, -0.15) is 0 Å². The number of amides is 2. The molecule has 1 heterocycles. The number of carbonyl (C=O) groups excluding carboxylic acids is 2. The predicted octanol–water partition coefficient (Wildman–Crippen LogP) is 1.95. The lowest BCUT2D eigenvalue weighted by molar-refractivity contribution is -0.125. The Labute approximate surface area is 181 Å². The molecule has 1 aliphatic heterocycles. The molecule has 1 saturated heterocycles. The summed E-state index contributed by atoms with van der Waals surface area (Å²) in [6, 6.07) is 3.44. The van der Waals surface area contributed by atoms with Gasteiger partial charge in [0.25, 0.3) is 0 Å². The number of allylic oxidation sites excluding steroid dienone is 2. The normalized spacial score (nSPS) is 18.4. The maximum atomic E-state index is 13.9. The van der Waals surface area contributed by atoms with Crippen LogP contribution in [0.25, 0.3) is 0 Å². The number of rotatable bonds is 11. The summed E-state index contributed by atoms with van der Waals surface area (Å²) in [5, 5.41) is 12.0. The lowest BCUT2D eigenvalue weighted by Gasteiger charge is -2.19. The number of halogens is 1. The second-order valence-electron chi connectivity index (χ2n) is 8.26. The van der Waals surface area contributed by atoms with Crippen LogP contribution in [0.3, 0.4) is 0 Å². The van der Waals surface area contributed by atoms with Crippen LogP contribution in [0, 0.1) is 11.7 Å². The van der Waals surface area contributed by atoms with Gasteiger partial charge in [-0.3, -0.25) is 14.9 Å². The minimum absolute atomic E-state index is 0.0666. The van der Waals surface area contributed by atoms with E-state index in [1.807, 2.05) is 0 Å². The summed E-state index contributed by atoms with van der Waals surface area (Å²) < 4.78 is 46.5. The Kier molecular flexibility index (Phi) is 8.33. The van der Waals surface area contributed by atoms with Crippen LogP contribution in [0.4, 0.5) is 4.39 Å². The van der Waals surface area contributed by atoms with E-state index in [-0.39, 0.29) is 42.8 Å². The molecular weight excluding hydrogens is 427 g/mol.